The van der Waals surface area contributed by atoms with Crippen LogP contribution in [0.4, 0.5) is 11.4 Å². The number of aryl methyl sites for hydroxylation is 2. The third kappa shape index (κ3) is 2.17. The second-order valence-electron chi connectivity index (χ2n) is 10.4. The van der Waals surface area contributed by atoms with Crippen molar-refractivity contribution in [1.29, 1.82) is 0 Å². The third-order valence-corrected chi connectivity index (χ3v) is 9.06. The molecule has 2 saturated carbocycles. The van der Waals surface area contributed by atoms with Gasteiger partial charge in [0.15, 0.2) is 0 Å². The number of nitrogens with zero attached hydrogens (tertiary/aromatic N) is 2. The van der Waals surface area contributed by atoms with Crippen LogP contribution in [0, 0.1) is 61.2 Å². The molecule has 4 amide bonds. The summed E-state index contributed by atoms with van der Waals surface area (Å²) in [5.74, 6) is -2.92. The van der Waals surface area contributed by atoms with Crippen LogP contribution in [0.3, 0.4) is 0 Å². The smallest absolute Gasteiger partial charge is 0.238 e. The molecule has 8 atom stereocenters. The molecule has 2 saturated heterocycles. The molecule has 34 heavy (non-hydrogen) atoms. The Balaban J connectivity index is 1.27. The molecule has 8 rings (SSSR count). The molecule has 0 N–H and O–H groups in total. The Morgan fingerprint density at radius 2 is 0.882 bits per heavy atom. The fourth-order valence-corrected chi connectivity index (χ4v) is 7.70. The molecule has 0 radical (unpaired) electrons. The lowest BCUT2D eigenvalue weighted by Crippen LogP contribution is -2.63. The van der Waals surface area contributed by atoms with E-state index < -0.39 is 23.7 Å². The minimum Gasteiger partial charge on any atom is -0.274 e. The number of imide groups is 2. The van der Waals surface area contributed by atoms with E-state index in [4.69, 9.17) is 0 Å². The number of fused-ring (bicyclic) bond motifs is 1. The molecule has 6 nitrogen and oxygen atoms in total. The number of hydrogen-bond acceptors (Lipinski definition) is 4. The van der Waals surface area contributed by atoms with Gasteiger partial charge in [0.25, 0.3) is 0 Å². The molecular weight excluding hydrogens is 428 g/mol. The highest BCUT2D eigenvalue weighted by atomic mass is 16.2. The zero-order valence-corrected chi connectivity index (χ0v) is 18.9. The van der Waals surface area contributed by atoms with Crippen LogP contribution in [0.5, 0.6) is 0 Å². The first-order valence-electron chi connectivity index (χ1n) is 12.0. The third-order valence-electron chi connectivity index (χ3n) is 9.06. The predicted octanol–water partition coefficient (Wildman–Crippen LogP) is 3.28. The number of carbonyl (C=O) groups excluding carboxylic acids is 4. The molecule has 6 aliphatic rings. The molecule has 2 aliphatic heterocycles. The van der Waals surface area contributed by atoms with E-state index in [-0.39, 0.29) is 47.3 Å². The van der Waals surface area contributed by atoms with Gasteiger partial charge in [-0.15, -0.1) is 0 Å². The van der Waals surface area contributed by atoms with Crippen molar-refractivity contribution in [2.45, 2.75) is 13.8 Å². The van der Waals surface area contributed by atoms with Crippen LogP contribution in [-0.2, 0) is 19.2 Å². The molecular formula is C28H24N2O4. The Morgan fingerprint density at radius 1 is 0.529 bits per heavy atom. The van der Waals surface area contributed by atoms with Crippen LogP contribution in [0.15, 0.2) is 60.7 Å². The molecule has 0 aromatic heterocycles. The van der Waals surface area contributed by atoms with Crippen LogP contribution >= 0.6 is 0 Å². The van der Waals surface area contributed by atoms with E-state index >= 15 is 0 Å². The van der Waals surface area contributed by atoms with Crippen molar-refractivity contribution in [1.82, 2.24) is 0 Å². The largest absolute Gasteiger partial charge is 0.274 e. The minimum absolute atomic E-state index is 0.0692. The first-order chi connectivity index (χ1) is 16.4. The highest BCUT2D eigenvalue weighted by Crippen LogP contribution is 2.68. The van der Waals surface area contributed by atoms with Gasteiger partial charge in [-0.3, -0.25) is 19.2 Å². The van der Waals surface area contributed by atoms with Gasteiger partial charge >= 0.3 is 0 Å². The summed E-state index contributed by atoms with van der Waals surface area (Å²) in [5, 5.41) is 0. The van der Waals surface area contributed by atoms with E-state index in [1.54, 1.807) is 0 Å². The Hall–Kier alpha value is -3.54. The molecule has 6 heteroatoms. The van der Waals surface area contributed by atoms with Crippen molar-refractivity contribution < 1.29 is 19.2 Å². The average molecular weight is 453 g/mol. The van der Waals surface area contributed by atoms with Gasteiger partial charge in [0.05, 0.1) is 35.0 Å². The van der Waals surface area contributed by atoms with Gasteiger partial charge in [-0.05, 0) is 60.8 Å². The van der Waals surface area contributed by atoms with Gasteiger partial charge in [-0.2, -0.15) is 0 Å². The maximum atomic E-state index is 13.6. The van der Waals surface area contributed by atoms with Crippen LogP contribution < -0.4 is 9.80 Å². The van der Waals surface area contributed by atoms with Gasteiger partial charge in [0.1, 0.15) is 0 Å². The first kappa shape index (κ1) is 19.9. The number of allylic oxidation sites excluding steroid dienone is 2. The normalized spacial score (nSPS) is 37.1. The van der Waals surface area contributed by atoms with Crippen LogP contribution in [0.2, 0.25) is 0 Å². The van der Waals surface area contributed by atoms with Gasteiger partial charge in [0, 0.05) is 0 Å². The lowest BCUT2D eigenvalue weighted by Gasteiger charge is -2.60. The maximum Gasteiger partial charge on any atom is 0.238 e. The van der Waals surface area contributed by atoms with E-state index in [1.807, 2.05) is 74.5 Å². The van der Waals surface area contributed by atoms with E-state index in [0.29, 0.717) is 11.4 Å². The summed E-state index contributed by atoms with van der Waals surface area (Å²) < 4.78 is 0. The number of hydrogen-bond donors (Lipinski definition) is 0. The summed E-state index contributed by atoms with van der Waals surface area (Å²) in [5.41, 5.74) is 3.03. The Bertz CT molecular complexity index is 1290. The van der Waals surface area contributed by atoms with Gasteiger partial charge in [-0.25, -0.2) is 9.80 Å². The maximum absolute atomic E-state index is 13.6. The molecule has 2 heterocycles. The number of carbonyl (C=O) groups is 4. The number of para-hydroxylation sites is 2. The molecule has 0 spiro atoms. The lowest BCUT2D eigenvalue weighted by atomic mass is 9.40. The minimum atomic E-state index is -0.459. The van der Waals surface area contributed by atoms with E-state index in [9.17, 15) is 19.2 Å². The quantitative estimate of drug-likeness (QED) is 0.518. The highest BCUT2D eigenvalue weighted by Gasteiger charge is 2.75. The molecule has 2 aromatic carbocycles. The zero-order chi connectivity index (χ0) is 23.5. The first-order valence-corrected chi connectivity index (χ1v) is 12.0. The van der Waals surface area contributed by atoms with Crippen LogP contribution in [-0.4, -0.2) is 23.6 Å². The lowest BCUT2D eigenvalue weighted by molar-refractivity contribution is -0.166. The fourth-order valence-electron chi connectivity index (χ4n) is 7.70. The van der Waals surface area contributed by atoms with Crippen molar-refractivity contribution in [3.8, 4) is 0 Å². The summed E-state index contributed by atoms with van der Waals surface area (Å²) in [7, 11) is 0. The summed E-state index contributed by atoms with van der Waals surface area (Å²) in [4.78, 5) is 57.1. The number of benzene rings is 2. The van der Waals surface area contributed by atoms with Crippen molar-refractivity contribution in [3.63, 3.8) is 0 Å². The predicted molar refractivity (Wildman–Crippen MR) is 124 cm³/mol. The van der Waals surface area contributed by atoms with Crippen LogP contribution in [0.1, 0.15) is 11.1 Å². The van der Waals surface area contributed by atoms with Crippen molar-refractivity contribution >= 4 is 35.0 Å². The summed E-state index contributed by atoms with van der Waals surface area (Å²) in [6, 6.07) is 14.9. The van der Waals surface area contributed by atoms with Crippen molar-refractivity contribution in [2.24, 2.45) is 47.3 Å². The van der Waals surface area contributed by atoms with Crippen molar-refractivity contribution in [3.05, 3.63) is 71.8 Å². The second kappa shape index (κ2) is 6.53. The average Bonchev–Trinajstić information content (AvgIpc) is 3.19. The molecule has 4 fully saturated rings. The van der Waals surface area contributed by atoms with Gasteiger partial charge in [-0.1, -0.05) is 48.6 Å². The van der Waals surface area contributed by atoms with E-state index in [1.165, 1.54) is 9.80 Å². The SMILES string of the molecule is Cc1ccccc1N1C(=O)[C@@H]2[C@H]3C=C[C@@H]([C@@H]2C1=O)[C@@H]1[C@@H]2C(=O)N(c4ccccc4C)C(=O)[C@@H]2[C@H]31. The molecule has 4 aliphatic carbocycles. The Kier molecular flexibility index (Phi) is 3.82. The number of anilines is 2. The van der Waals surface area contributed by atoms with E-state index in [2.05, 4.69) is 0 Å². The molecule has 0 unspecified atom stereocenters. The molecule has 170 valence electrons. The fraction of sp³-hybridized carbons (Fsp3) is 0.357. The summed E-state index contributed by atoms with van der Waals surface area (Å²) in [6.45, 7) is 3.80. The Morgan fingerprint density at radius 3 is 1.26 bits per heavy atom. The van der Waals surface area contributed by atoms with Gasteiger partial charge in [0.2, 0.25) is 23.6 Å². The summed E-state index contributed by atoms with van der Waals surface area (Å²) in [6.07, 6.45) is 4.09. The second-order valence-corrected chi connectivity index (χ2v) is 10.4. The van der Waals surface area contributed by atoms with Crippen molar-refractivity contribution in [2.75, 3.05) is 9.80 Å². The number of rotatable bonds is 2. The monoisotopic (exact) mass is 452 g/mol. The summed E-state index contributed by atoms with van der Waals surface area (Å²) >= 11 is 0. The van der Waals surface area contributed by atoms with Gasteiger partial charge < -0.3 is 0 Å². The zero-order valence-electron chi connectivity index (χ0n) is 18.9. The highest BCUT2D eigenvalue weighted by molar-refractivity contribution is 6.25. The molecule has 2 bridgehead atoms. The standard InChI is InChI=1S/C28H24N2O4/c1-13-7-3-5-9-17(13)29-25(31)21-15-11-12-16(22(21)26(29)32)20-19(15)23-24(20)28(34)30(27(23)33)18-10-6-4-8-14(18)2/h3-12,15-16,19-24H,1-2H3/t15-,16+,19+,20-,21+,22-,23+,24-. The number of amides is 4. The Labute approximate surface area is 197 Å². The topological polar surface area (TPSA) is 74.8 Å². The van der Waals surface area contributed by atoms with E-state index in [0.717, 1.165) is 11.1 Å². The van der Waals surface area contributed by atoms with Crippen LogP contribution in [0.25, 0.3) is 0 Å². The molecule has 2 aromatic rings.